The van der Waals surface area contributed by atoms with E-state index in [0.717, 1.165) is 66.7 Å². The number of benzene rings is 6. The van der Waals surface area contributed by atoms with Gasteiger partial charge in [0, 0.05) is 44.0 Å². The molecule has 0 saturated heterocycles. The van der Waals surface area contributed by atoms with Gasteiger partial charge in [-0.2, -0.15) is 0 Å². The van der Waals surface area contributed by atoms with Crippen molar-refractivity contribution in [1.82, 2.24) is 9.97 Å². The first kappa shape index (κ1) is 26.6. The summed E-state index contributed by atoms with van der Waals surface area (Å²) in [6, 6.07) is 50.9. The van der Waals surface area contributed by atoms with Gasteiger partial charge in [-0.05, 0) is 34.4 Å². The van der Waals surface area contributed by atoms with E-state index in [1.807, 2.05) is 18.2 Å². The molecule has 0 saturated carbocycles. The normalized spacial score (nSPS) is 13.2. The van der Waals surface area contributed by atoms with E-state index >= 15 is 0 Å². The summed E-state index contributed by atoms with van der Waals surface area (Å²) >= 11 is 0. The van der Waals surface area contributed by atoms with Gasteiger partial charge in [-0.3, -0.25) is 0 Å². The molecule has 0 amide bonds. The number of rotatable bonds is 4. The van der Waals surface area contributed by atoms with Gasteiger partial charge in [0.25, 0.3) is 0 Å². The van der Waals surface area contributed by atoms with E-state index in [9.17, 15) is 0 Å². The maximum atomic E-state index is 6.90. The van der Waals surface area contributed by atoms with Crippen molar-refractivity contribution in [3.8, 4) is 56.2 Å². The second-order valence-electron chi connectivity index (χ2n) is 12.6. The van der Waals surface area contributed by atoms with Crippen molar-refractivity contribution in [2.45, 2.75) is 19.3 Å². The van der Waals surface area contributed by atoms with Crippen molar-refractivity contribution >= 4 is 21.9 Å². The SMILES string of the molecule is CC1(C)c2ccc(-c3nc(-c4ccccc4)cc(-c4ccccc4)n3)cc2-c2c1ccc1c2oc2c(-c3ccccc3)cccc21. The van der Waals surface area contributed by atoms with Crippen LogP contribution in [0.1, 0.15) is 25.0 Å². The molecular weight excluding hydrogens is 560 g/mol. The molecule has 9 rings (SSSR count). The summed E-state index contributed by atoms with van der Waals surface area (Å²) in [6.07, 6.45) is 0. The molecule has 0 unspecified atom stereocenters. The standard InChI is InChI=1S/C43H30N2O/c1-43(2)35-23-21-30(42-44-37(28-15-8-4-9-16-28)26-38(45-42)29-17-10-5-11-18-29)25-34(35)39-36(43)24-22-33-32-20-12-19-31(40(32)46-41(33)39)27-13-6-3-7-14-27/h3-26H,1-2H3. The Labute approximate surface area is 267 Å². The second kappa shape index (κ2) is 10.1. The molecular formula is C43H30N2O. The van der Waals surface area contributed by atoms with E-state index in [-0.39, 0.29) is 5.41 Å². The Morgan fingerprint density at radius 1 is 0.457 bits per heavy atom. The van der Waals surface area contributed by atoms with Crippen LogP contribution in [0.2, 0.25) is 0 Å². The van der Waals surface area contributed by atoms with Crippen molar-refractivity contribution in [2.24, 2.45) is 0 Å². The number of furan rings is 1. The van der Waals surface area contributed by atoms with Gasteiger partial charge < -0.3 is 4.42 Å². The molecule has 3 nitrogen and oxygen atoms in total. The summed E-state index contributed by atoms with van der Waals surface area (Å²) in [7, 11) is 0. The Morgan fingerprint density at radius 2 is 1.04 bits per heavy atom. The lowest BCUT2D eigenvalue weighted by atomic mass is 9.82. The van der Waals surface area contributed by atoms with Crippen molar-refractivity contribution in [3.63, 3.8) is 0 Å². The third kappa shape index (κ3) is 4.05. The van der Waals surface area contributed by atoms with Crippen LogP contribution >= 0.6 is 0 Å². The highest BCUT2D eigenvalue weighted by atomic mass is 16.3. The molecule has 0 atom stereocenters. The monoisotopic (exact) mass is 590 g/mol. The van der Waals surface area contributed by atoms with Crippen LogP contribution < -0.4 is 0 Å². The molecule has 3 heteroatoms. The molecule has 2 heterocycles. The van der Waals surface area contributed by atoms with E-state index in [1.54, 1.807) is 0 Å². The zero-order valence-electron chi connectivity index (χ0n) is 25.7. The van der Waals surface area contributed by atoms with Crippen LogP contribution in [-0.2, 0) is 5.41 Å². The van der Waals surface area contributed by atoms with Crippen molar-refractivity contribution in [2.75, 3.05) is 0 Å². The topological polar surface area (TPSA) is 38.9 Å². The molecule has 1 aliphatic rings. The van der Waals surface area contributed by atoms with E-state index in [2.05, 4.69) is 141 Å². The number of hydrogen-bond acceptors (Lipinski definition) is 3. The fourth-order valence-corrected chi connectivity index (χ4v) is 7.17. The first-order valence-electron chi connectivity index (χ1n) is 15.8. The van der Waals surface area contributed by atoms with Gasteiger partial charge in [0.2, 0.25) is 0 Å². The maximum absolute atomic E-state index is 6.90. The minimum Gasteiger partial charge on any atom is -0.455 e. The Kier molecular flexibility index (Phi) is 5.85. The first-order valence-corrected chi connectivity index (χ1v) is 15.8. The fraction of sp³-hybridized carbons (Fsp3) is 0.0698. The van der Waals surface area contributed by atoms with Crippen LogP contribution in [-0.4, -0.2) is 9.97 Å². The lowest BCUT2D eigenvalue weighted by molar-refractivity contribution is 0.653. The van der Waals surface area contributed by atoms with Gasteiger partial charge in [0.15, 0.2) is 5.82 Å². The molecule has 0 radical (unpaired) electrons. The van der Waals surface area contributed by atoms with E-state index in [4.69, 9.17) is 14.4 Å². The quantitative estimate of drug-likeness (QED) is 0.205. The molecule has 8 aromatic rings. The summed E-state index contributed by atoms with van der Waals surface area (Å²) in [5, 5.41) is 2.27. The van der Waals surface area contributed by atoms with Gasteiger partial charge >= 0.3 is 0 Å². The third-order valence-electron chi connectivity index (χ3n) is 9.51. The van der Waals surface area contributed by atoms with Gasteiger partial charge in [0.1, 0.15) is 11.2 Å². The highest BCUT2D eigenvalue weighted by Gasteiger charge is 2.38. The van der Waals surface area contributed by atoms with Crippen LogP contribution in [0.3, 0.4) is 0 Å². The molecule has 1 aliphatic carbocycles. The lowest BCUT2D eigenvalue weighted by Crippen LogP contribution is -2.14. The predicted molar refractivity (Wildman–Crippen MR) is 189 cm³/mol. The maximum Gasteiger partial charge on any atom is 0.160 e. The molecule has 0 aliphatic heterocycles. The summed E-state index contributed by atoms with van der Waals surface area (Å²) < 4.78 is 6.90. The minimum atomic E-state index is -0.180. The smallest absolute Gasteiger partial charge is 0.160 e. The number of fused-ring (bicyclic) bond motifs is 7. The molecule has 0 N–H and O–H groups in total. The highest BCUT2D eigenvalue weighted by Crippen LogP contribution is 2.53. The third-order valence-corrected chi connectivity index (χ3v) is 9.51. The van der Waals surface area contributed by atoms with Gasteiger partial charge in [0.05, 0.1) is 11.4 Å². The molecule has 2 aromatic heterocycles. The zero-order valence-corrected chi connectivity index (χ0v) is 25.7. The molecule has 0 fully saturated rings. The molecule has 46 heavy (non-hydrogen) atoms. The predicted octanol–water partition coefficient (Wildman–Crippen LogP) is 11.4. The van der Waals surface area contributed by atoms with Crippen molar-refractivity contribution < 1.29 is 4.42 Å². The molecule has 0 spiro atoms. The first-order chi connectivity index (χ1) is 22.6. The largest absolute Gasteiger partial charge is 0.455 e. The van der Waals surface area contributed by atoms with Gasteiger partial charge in [-0.1, -0.05) is 147 Å². The summed E-state index contributed by atoms with van der Waals surface area (Å²) in [4.78, 5) is 10.2. The van der Waals surface area contributed by atoms with Crippen LogP contribution in [0.15, 0.2) is 150 Å². The summed E-state index contributed by atoms with van der Waals surface area (Å²) in [5.74, 6) is 0.706. The number of aromatic nitrogens is 2. The van der Waals surface area contributed by atoms with Crippen LogP contribution in [0.4, 0.5) is 0 Å². The molecule has 0 bridgehead atoms. The van der Waals surface area contributed by atoms with Crippen LogP contribution in [0.25, 0.3) is 78.1 Å². The van der Waals surface area contributed by atoms with Crippen molar-refractivity contribution in [3.05, 3.63) is 157 Å². The average molecular weight is 591 g/mol. The number of para-hydroxylation sites is 1. The fourth-order valence-electron chi connectivity index (χ4n) is 7.17. The Hall–Kier alpha value is -5.80. The number of nitrogens with zero attached hydrogens (tertiary/aromatic N) is 2. The van der Waals surface area contributed by atoms with E-state index < -0.39 is 0 Å². The lowest BCUT2D eigenvalue weighted by Gasteiger charge is -2.21. The number of hydrogen-bond donors (Lipinski definition) is 0. The van der Waals surface area contributed by atoms with Crippen LogP contribution in [0.5, 0.6) is 0 Å². The Balaban J connectivity index is 1.27. The van der Waals surface area contributed by atoms with Gasteiger partial charge in [-0.15, -0.1) is 0 Å². The zero-order chi connectivity index (χ0) is 30.8. The molecule has 218 valence electrons. The van der Waals surface area contributed by atoms with Crippen LogP contribution in [0, 0.1) is 0 Å². The average Bonchev–Trinajstić information content (AvgIpc) is 3.61. The Morgan fingerprint density at radius 3 is 1.70 bits per heavy atom. The minimum absolute atomic E-state index is 0.180. The van der Waals surface area contributed by atoms with E-state index in [0.29, 0.717) is 5.82 Å². The summed E-state index contributed by atoms with van der Waals surface area (Å²) in [6.45, 7) is 4.61. The second-order valence-corrected chi connectivity index (χ2v) is 12.6. The summed E-state index contributed by atoms with van der Waals surface area (Å²) in [5.41, 5.74) is 13.7. The van der Waals surface area contributed by atoms with Crippen molar-refractivity contribution in [1.29, 1.82) is 0 Å². The van der Waals surface area contributed by atoms with E-state index in [1.165, 1.54) is 16.7 Å². The molecule has 6 aromatic carbocycles. The van der Waals surface area contributed by atoms with Gasteiger partial charge in [-0.25, -0.2) is 9.97 Å². The highest BCUT2D eigenvalue weighted by molar-refractivity contribution is 6.14. The Bertz CT molecular complexity index is 2370.